The van der Waals surface area contributed by atoms with E-state index in [0.717, 1.165) is 42.1 Å². The molecular formula is C18H23N3O. The summed E-state index contributed by atoms with van der Waals surface area (Å²) in [6, 6.07) is 8.70. The molecule has 1 aromatic heterocycles. The van der Waals surface area contributed by atoms with Gasteiger partial charge in [-0.05, 0) is 31.9 Å². The van der Waals surface area contributed by atoms with Crippen LogP contribution in [0, 0.1) is 6.92 Å². The molecule has 2 aromatic rings. The van der Waals surface area contributed by atoms with Crippen LogP contribution in [0.15, 0.2) is 24.3 Å². The molecule has 0 radical (unpaired) electrons. The normalized spacial score (nSPS) is 26.0. The third-order valence-corrected chi connectivity index (χ3v) is 5.04. The Labute approximate surface area is 131 Å². The Kier molecular flexibility index (Phi) is 3.80. The highest BCUT2D eigenvalue weighted by Crippen LogP contribution is 2.29. The third-order valence-electron chi connectivity index (χ3n) is 5.04. The lowest BCUT2D eigenvalue weighted by molar-refractivity contribution is -0.0915. The molecule has 0 spiro atoms. The van der Waals surface area contributed by atoms with Gasteiger partial charge in [-0.2, -0.15) is 0 Å². The van der Waals surface area contributed by atoms with Crippen molar-refractivity contribution in [2.45, 2.75) is 51.3 Å². The zero-order valence-electron chi connectivity index (χ0n) is 13.2. The van der Waals surface area contributed by atoms with E-state index in [-0.39, 0.29) is 0 Å². The highest BCUT2D eigenvalue weighted by atomic mass is 16.5. The molecule has 4 nitrogen and oxygen atoms in total. The summed E-state index contributed by atoms with van der Waals surface area (Å²) in [7, 11) is 0. The number of hydrogen-bond acceptors (Lipinski definition) is 4. The van der Waals surface area contributed by atoms with Crippen molar-refractivity contribution in [1.29, 1.82) is 0 Å². The Morgan fingerprint density at radius 2 is 1.91 bits per heavy atom. The van der Waals surface area contributed by atoms with Crippen LogP contribution < -0.4 is 0 Å². The van der Waals surface area contributed by atoms with Crippen LogP contribution in [0.3, 0.4) is 0 Å². The van der Waals surface area contributed by atoms with Gasteiger partial charge in [-0.25, -0.2) is 9.97 Å². The van der Waals surface area contributed by atoms with Gasteiger partial charge in [0.05, 0.1) is 35.1 Å². The highest BCUT2D eigenvalue weighted by molar-refractivity contribution is 5.74. The molecule has 1 aliphatic heterocycles. The first kappa shape index (κ1) is 14.1. The Hall–Kier alpha value is -1.52. The van der Waals surface area contributed by atoms with Crippen molar-refractivity contribution in [3.63, 3.8) is 0 Å². The predicted octanol–water partition coefficient (Wildman–Crippen LogP) is 3.08. The Bertz CT molecular complexity index is 670. The van der Waals surface area contributed by atoms with E-state index in [1.807, 2.05) is 24.3 Å². The van der Waals surface area contributed by atoms with E-state index in [1.54, 1.807) is 0 Å². The monoisotopic (exact) mass is 297 g/mol. The summed E-state index contributed by atoms with van der Waals surface area (Å²) >= 11 is 0. The fourth-order valence-corrected chi connectivity index (χ4v) is 3.84. The second-order valence-electron chi connectivity index (χ2n) is 6.48. The Balaban J connectivity index is 1.60. The number of para-hydroxylation sites is 2. The number of hydrogen-bond donors (Lipinski definition) is 0. The lowest BCUT2D eigenvalue weighted by Crippen LogP contribution is -2.52. The second kappa shape index (κ2) is 5.94. The molecule has 1 saturated heterocycles. The van der Waals surface area contributed by atoms with Crippen LogP contribution in [0.5, 0.6) is 0 Å². The lowest BCUT2D eigenvalue weighted by atomic mass is 9.90. The summed E-state index contributed by atoms with van der Waals surface area (Å²) in [6.45, 7) is 4.83. The van der Waals surface area contributed by atoms with Gasteiger partial charge in [0.25, 0.3) is 0 Å². The molecule has 2 aliphatic rings. The minimum Gasteiger partial charge on any atom is -0.375 e. The van der Waals surface area contributed by atoms with Crippen LogP contribution in [0.4, 0.5) is 0 Å². The van der Waals surface area contributed by atoms with E-state index in [0.29, 0.717) is 12.1 Å². The lowest BCUT2D eigenvalue weighted by Gasteiger charge is -2.43. The fourth-order valence-electron chi connectivity index (χ4n) is 3.84. The van der Waals surface area contributed by atoms with Crippen LogP contribution in [0.1, 0.15) is 37.1 Å². The first-order chi connectivity index (χ1) is 10.8. The molecule has 2 heterocycles. The number of aryl methyl sites for hydroxylation is 1. The first-order valence-electron chi connectivity index (χ1n) is 8.39. The highest BCUT2D eigenvalue weighted by Gasteiger charge is 2.34. The topological polar surface area (TPSA) is 38.2 Å². The molecule has 0 bridgehead atoms. The molecule has 116 valence electrons. The molecular weight excluding hydrogens is 274 g/mol. The van der Waals surface area contributed by atoms with Gasteiger partial charge in [-0.15, -0.1) is 0 Å². The molecule has 4 rings (SSSR count). The van der Waals surface area contributed by atoms with Crippen molar-refractivity contribution >= 4 is 11.0 Å². The van der Waals surface area contributed by atoms with E-state index in [4.69, 9.17) is 14.7 Å². The molecule has 4 heteroatoms. The summed E-state index contributed by atoms with van der Waals surface area (Å²) in [5.74, 6) is 0. The molecule has 0 amide bonds. The van der Waals surface area contributed by atoms with E-state index < -0.39 is 0 Å². The van der Waals surface area contributed by atoms with Crippen LogP contribution in [-0.2, 0) is 11.3 Å². The van der Waals surface area contributed by atoms with Gasteiger partial charge in [-0.1, -0.05) is 25.0 Å². The van der Waals surface area contributed by atoms with Crippen molar-refractivity contribution < 1.29 is 4.74 Å². The minimum absolute atomic E-state index is 0.427. The van der Waals surface area contributed by atoms with Gasteiger partial charge in [0.1, 0.15) is 0 Å². The molecule has 1 saturated carbocycles. The first-order valence-corrected chi connectivity index (χ1v) is 8.39. The second-order valence-corrected chi connectivity index (χ2v) is 6.48. The SMILES string of the molecule is Cc1nc2ccccc2nc1CN1CCO[C@H]2CCCC[C@@H]21. The summed E-state index contributed by atoms with van der Waals surface area (Å²) in [6.07, 6.45) is 5.53. The van der Waals surface area contributed by atoms with Crippen molar-refractivity contribution in [2.75, 3.05) is 13.2 Å². The molecule has 1 aromatic carbocycles. The zero-order valence-corrected chi connectivity index (χ0v) is 13.2. The number of rotatable bonds is 2. The van der Waals surface area contributed by atoms with Crippen molar-refractivity contribution in [3.8, 4) is 0 Å². The van der Waals surface area contributed by atoms with Crippen LogP contribution in [0.2, 0.25) is 0 Å². The summed E-state index contributed by atoms with van der Waals surface area (Å²) in [5, 5.41) is 0. The number of ether oxygens (including phenoxy) is 1. The van der Waals surface area contributed by atoms with Gasteiger partial charge < -0.3 is 4.74 Å². The van der Waals surface area contributed by atoms with Crippen molar-refractivity contribution in [1.82, 2.24) is 14.9 Å². The maximum Gasteiger partial charge on any atom is 0.0890 e. The maximum absolute atomic E-state index is 5.97. The Morgan fingerprint density at radius 1 is 1.14 bits per heavy atom. The van der Waals surface area contributed by atoms with E-state index in [2.05, 4.69) is 11.8 Å². The van der Waals surface area contributed by atoms with Gasteiger partial charge in [0.2, 0.25) is 0 Å². The largest absolute Gasteiger partial charge is 0.375 e. The van der Waals surface area contributed by atoms with Gasteiger partial charge in [-0.3, -0.25) is 4.90 Å². The third kappa shape index (κ3) is 2.61. The standard InChI is InChI=1S/C18H23N3O/c1-13-16(20-15-7-3-2-6-14(15)19-13)12-21-10-11-22-18-9-5-4-8-17(18)21/h2-3,6-7,17-18H,4-5,8-12H2,1H3/t17-,18-/m0/s1. The van der Waals surface area contributed by atoms with Crippen LogP contribution in [0.25, 0.3) is 11.0 Å². The smallest absolute Gasteiger partial charge is 0.0890 e. The molecule has 0 unspecified atom stereocenters. The average molecular weight is 297 g/mol. The number of aromatic nitrogens is 2. The zero-order chi connectivity index (χ0) is 14.9. The van der Waals surface area contributed by atoms with E-state index >= 15 is 0 Å². The number of morpholine rings is 1. The molecule has 2 fully saturated rings. The van der Waals surface area contributed by atoms with E-state index in [1.165, 1.54) is 25.7 Å². The predicted molar refractivity (Wildman–Crippen MR) is 86.7 cm³/mol. The molecule has 0 N–H and O–H groups in total. The fraction of sp³-hybridized carbons (Fsp3) is 0.556. The molecule has 22 heavy (non-hydrogen) atoms. The van der Waals surface area contributed by atoms with Gasteiger partial charge in [0, 0.05) is 19.1 Å². The number of benzene rings is 1. The minimum atomic E-state index is 0.427. The average Bonchev–Trinajstić information content (AvgIpc) is 2.56. The van der Waals surface area contributed by atoms with Gasteiger partial charge >= 0.3 is 0 Å². The number of fused-ring (bicyclic) bond motifs is 2. The summed E-state index contributed by atoms with van der Waals surface area (Å²) in [4.78, 5) is 12.2. The molecule has 1 aliphatic carbocycles. The van der Waals surface area contributed by atoms with Crippen LogP contribution in [-0.4, -0.2) is 40.2 Å². The van der Waals surface area contributed by atoms with Gasteiger partial charge in [0.15, 0.2) is 0 Å². The summed E-state index contributed by atoms with van der Waals surface area (Å²) in [5.41, 5.74) is 4.15. The summed E-state index contributed by atoms with van der Waals surface area (Å²) < 4.78 is 5.97. The Morgan fingerprint density at radius 3 is 2.77 bits per heavy atom. The number of nitrogens with zero attached hydrogens (tertiary/aromatic N) is 3. The van der Waals surface area contributed by atoms with Crippen molar-refractivity contribution in [2.24, 2.45) is 0 Å². The quantitative estimate of drug-likeness (QED) is 0.854. The van der Waals surface area contributed by atoms with Crippen LogP contribution >= 0.6 is 0 Å². The van der Waals surface area contributed by atoms with Crippen molar-refractivity contribution in [3.05, 3.63) is 35.7 Å². The molecule has 2 atom stereocenters. The van der Waals surface area contributed by atoms with E-state index in [9.17, 15) is 0 Å². The maximum atomic E-state index is 5.97.